The molecule has 1 unspecified atom stereocenters. The molecule has 0 aromatic carbocycles. The lowest BCUT2D eigenvalue weighted by molar-refractivity contribution is -0.136. The van der Waals surface area contributed by atoms with Crippen molar-refractivity contribution in [1.82, 2.24) is 9.62 Å². The van der Waals surface area contributed by atoms with Crippen LogP contribution in [-0.2, 0) is 21.2 Å². The summed E-state index contributed by atoms with van der Waals surface area (Å²) in [5.74, 6) is -0.722. The van der Waals surface area contributed by atoms with E-state index in [1.165, 1.54) is 25.3 Å². The van der Waals surface area contributed by atoms with Gasteiger partial charge in [0.05, 0.1) is 6.42 Å². The Morgan fingerprint density at radius 1 is 1.35 bits per heavy atom. The first-order chi connectivity index (χ1) is 10.9. The number of likely N-dealkylation sites (tertiary alicyclic amines) is 1. The van der Waals surface area contributed by atoms with Crippen LogP contribution in [0.5, 0.6) is 0 Å². The fourth-order valence-electron chi connectivity index (χ4n) is 2.72. The van der Waals surface area contributed by atoms with Crippen LogP contribution in [0.3, 0.4) is 0 Å². The third kappa shape index (κ3) is 5.87. The number of carboxylic acids is 1. The average molecular weight is 361 g/mol. The van der Waals surface area contributed by atoms with E-state index in [1.807, 2.05) is 6.92 Å². The van der Waals surface area contributed by atoms with Gasteiger partial charge in [0.15, 0.2) is 0 Å². The van der Waals surface area contributed by atoms with E-state index in [9.17, 15) is 13.2 Å². The van der Waals surface area contributed by atoms with Crippen molar-refractivity contribution >= 4 is 27.3 Å². The van der Waals surface area contributed by atoms with Crippen molar-refractivity contribution < 1.29 is 18.3 Å². The molecule has 6 nitrogen and oxygen atoms in total. The highest BCUT2D eigenvalue weighted by Gasteiger charge is 2.20. The summed E-state index contributed by atoms with van der Waals surface area (Å²) in [6, 6.07) is 3.03. The van der Waals surface area contributed by atoms with Crippen LogP contribution in [0.25, 0.3) is 0 Å². The van der Waals surface area contributed by atoms with Gasteiger partial charge in [-0.05, 0) is 44.0 Å². The second-order valence-electron chi connectivity index (χ2n) is 6.11. The minimum absolute atomic E-state index is 0.147. The van der Waals surface area contributed by atoms with E-state index in [0.717, 1.165) is 31.0 Å². The van der Waals surface area contributed by atoms with Crippen molar-refractivity contribution in [1.29, 1.82) is 0 Å². The Bertz CT molecular complexity index is 621. The summed E-state index contributed by atoms with van der Waals surface area (Å²) in [6.07, 6.45) is 3.58. The van der Waals surface area contributed by atoms with Crippen LogP contribution in [-0.4, -0.2) is 50.6 Å². The lowest BCUT2D eigenvalue weighted by atomic mass is 10.1. The molecule has 1 saturated heterocycles. The Morgan fingerprint density at radius 3 is 2.70 bits per heavy atom. The summed E-state index contributed by atoms with van der Waals surface area (Å²) in [6.45, 7) is 5.53. The van der Waals surface area contributed by atoms with Crippen molar-refractivity contribution in [3.05, 3.63) is 17.0 Å². The third-order valence-corrected chi connectivity index (χ3v) is 6.87. The zero-order valence-electron chi connectivity index (χ0n) is 13.3. The van der Waals surface area contributed by atoms with E-state index in [1.54, 1.807) is 6.07 Å². The van der Waals surface area contributed by atoms with Gasteiger partial charge in [0.25, 0.3) is 0 Å². The van der Waals surface area contributed by atoms with Gasteiger partial charge in [-0.2, -0.15) is 0 Å². The highest BCUT2D eigenvalue weighted by molar-refractivity contribution is 7.91. The van der Waals surface area contributed by atoms with Gasteiger partial charge in [-0.3, -0.25) is 4.79 Å². The van der Waals surface area contributed by atoms with Gasteiger partial charge in [-0.1, -0.05) is 13.3 Å². The van der Waals surface area contributed by atoms with E-state index in [0.29, 0.717) is 11.4 Å². The molecule has 2 rings (SSSR count). The minimum Gasteiger partial charge on any atom is -0.481 e. The highest BCUT2D eigenvalue weighted by atomic mass is 32.2. The van der Waals surface area contributed by atoms with Crippen LogP contribution >= 0.6 is 11.3 Å². The normalized spacial score (nSPS) is 18.0. The number of hydrogen-bond donors (Lipinski definition) is 2. The molecule has 1 fully saturated rings. The summed E-state index contributed by atoms with van der Waals surface area (Å²) >= 11 is 1.01. The molecule has 8 heteroatoms. The number of carboxylic acid groups (broad SMARTS) is 1. The molecular formula is C15H24N2O4S2. The Labute approximate surface area is 141 Å². The smallest absolute Gasteiger partial charge is 0.308 e. The fourth-order valence-corrected chi connectivity index (χ4v) is 5.27. The molecule has 0 radical (unpaired) electrons. The first-order valence-electron chi connectivity index (χ1n) is 7.89. The topological polar surface area (TPSA) is 86.7 Å². The van der Waals surface area contributed by atoms with Crippen molar-refractivity contribution in [2.75, 3.05) is 26.2 Å². The number of rotatable bonds is 8. The molecule has 0 spiro atoms. The summed E-state index contributed by atoms with van der Waals surface area (Å²) in [4.78, 5) is 13.6. The fraction of sp³-hybridized carbons (Fsp3) is 0.667. The van der Waals surface area contributed by atoms with E-state index in [4.69, 9.17) is 5.11 Å². The van der Waals surface area contributed by atoms with Crippen molar-refractivity contribution in [2.24, 2.45) is 5.92 Å². The van der Waals surface area contributed by atoms with Crippen LogP contribution in [0.2, 0.25) is 0 Å². The van der Waals surface area contributed by atoms with Gasteiger partial charge < -0.3 is 10.0 Å². The number of nitrogens with one attached hydrogen (secondary N) is 1. The molecule has 130 valence electrons. The molecule has 2 N–H and O–H groups in total. The van der Waals surface area contributed by atoms with Gasteiger partial charge in [0.1, 0.15) is 4.21 Å². The van der Waals surface area contributed by atoms with E-state index in [-0.39, 0.29) is 16.5 Å². The lowest BCUT2D eigenvalue weighted by Crippen LogP contribution is -2.37. The molecule has 0 aliphatic carbocycles. The maximum absolute atomic E-state index is 12.3. The summed E-state index contributed by atoms with van der Waals surface area (Å²) in [7, 11) is -3.55. The number of thiophene rings is 1. The molecule has 1 aliphatic heterocycles. The molecule has 0 saturated carbocycles. The van der Waals surface area contributed by atoms with Gasteiger partial charge in [0, 0.05) is 18.0 Å². The Hall–Kier alpha value is -0.960. The summed E-state index contributed by atoms with van der Waals surface area (Å²) in [5, 5.41) is 8.75. The van der Waals surface area contributed by atoms with Gasteiger partial charge >= 0.3 is 5.97 Å². The minimum atomic E-state index is -3.55. The quantitative estimate of drug-likeness (QED) is 0.738. The molecule has 1 aliphatic rings. The number of nitrogens with zero attached hydrogens (tertiary/aromatic N) is 1. The molecule has 1 aromatic rings. The largest absolute Gasteiger partial charge is 0.481 e. The van der Waals surface area contributed by atoms with Crippen molar-refractivity contribution in [2.45, 2.75) is 36.8 Å². The zero-order valence-corrected chi connectivity index (χ0v) is 15.0. The Kier molecular flexibility index (Phi) is 6.58. The predicted molar refractivity (Wildman–Crippen MR) is 90.3 cm³/mol. The zero-order chi connectivity index (χ0) is 16.9. The molecule has 1 aromatic heterocycles. The van der Waals surface area contributed by atoms with Crippen LogP contribution in [0.1, 0.15) is 31.1 Å². The van der Waals surface area contributed by atoms with Crippen molar-refractivity contribution in [3.8, 4) is 0 Å². The average Bonchev–Trinajstić information content (AvgIpc) is 2.95. The van der Waals surface area contributed by atoms with Crippen LogP contribution in [0.15, 0.2) is 16.3 Å². The van der Waals surface area contributed by atoms with Gasteiger partial charge in [-0.15, -0.1) is 11.3 Å². The third-order valence-electron chi connectivity index (χ3n) is 3.87. The van der Waals surface area contributed by atoms with E-state index in [2.05, 4.69) is 9.62 Å². The molecule has 23 heavy (non-hydrogen) atoms. The lowest BCUT2D eigenvalue weighted by Gasteiger charge is -2.29. The highest BCUT2D eigenvalue weighted by Crippen LogP contribution is 2.22. The molecule has 2 heterocycles. The Balaban J connectivity index is 1.85. The summed E-state index contributed by atoms with van der Waals surface area (Å²) < 4.78 is 27.4. The molecule has 0 amide bonds. The Morgan fingerprint density at radius 2 is 2.04 bits per heavy atom. The number of sulfonamides is 1. The molecule has 0 bridgehead atoms. The number of carbonyl (C=O) groups is 1. The van der Waals surface area contributed by atoms with E-state index < -0.39 is 16.0 Å². The molecular weight excluding hydrogens is 336 g/mol. The second kappa shape index (κ2) is 8.23. The SMILES string of the molecule is CC(CNS(=O)(=O)c1ccc(CC(=O)O)s1)CN1CCCCC1. The van der Waals surface area contributed by atoms with Gasteiger partial charge in [0.2, 0.25) is 10.0 Å². The predicted octanol–water partition coefficient (Wildman–Crippen LogP) is 1.78. The monoisotopic (exact) mass is 360 g/mol. The molecule has 1 atom stereocenters. The van der Waals surface area contributed by atoms with E-state index >= 15 is 0 Å². The second-order valence-corrected chi connectivity index (χ2v) is 9.27. The van der Waals surface area contributed by atoms with Gasteiger partial charge in [-0.25, -0.2) is 13.1 Å². The maximum atomic E-state index is 12.3. The standard InChI is InChI=1S/C15H24N2O4S2/c1-12(11-17-7-3-2-4-8-17)10-16-23(20,21)15-6-5-13(22-15)9-14(18)19/h5-6,12,16H,2-4,7-11H2,1H3,(H,18,19). The summed E-state index contributed by atoms with van der Waals surface area (Å²) in [5.41, 5.74) is 0. The number of piperidine rings is 1. The number of aliphatic carboxylic acids is 1. The maximum Gasteiger partial charge on any atom is 0.308 e. The van der Waals surface area contributed by atoms with Crippen LogP contribution < -0.4 is 4.72 Å². The van der Waals surface area contributed by atoms with Crippen molar-refractivity contribution in [3.63, 3.8) is 0 Å². The number of hydrogen-bond acceptors (Lipinski definition) is 5. The first-order valence-corrected chi connectivity index (χ1v) is 10.2. The first kappa shape index (κ1) is 18.4. The van der Waals surface area contributed by atoms with Crippen LogP contribution in [0, 0.1) is 5.92 Å². The van der Waals surface area contributed by atoms with Crippen LogP contribution in [0.4, 0.5) is 0 Å².